The first-order chi connectivity index (χ1) is 10.2. The molecule has 1 nitrogen and oxygen atoms in total. The summed E-state index contributed by atoms with van der Waals surface area (Å²) in [5, 5.41) is 2.72. The molecule has 0 saturated carbocycles. The molecule has 0 saturated heterocycles. The van der Waals surface area contributed by atoms with E-state index in [-0.39, 0.29) is 5.78 Å². The van der Waals surface area contributed by atoms with Crippen molar-refractivity contribution in [2.45, 2.75) is 6.42 Å². The molecule has 3 heteroatoms. The third-order valence-electron chi connectivity index (χ3n) is 4.04. The number of carbonyl (C=O) groups excluding carboxylic acids is 1. The van der Waals surface area contributed by atoms with Crippen molar-refractivity contribution in [3.05, 3.63) is 80.8 Å². The maximum absolute atomic E-state index is 12.8. The molecule has 0 aromatic heterocycles. The van der Waals surface area contributed by atoms with Gasteiger partial charge in [-0.2, -0.15) is 0 Å². The molecule has 0 amide bonds. The molecule has 102 valence electrons. The van der Waals surface area contributed by atoms with Crippen LogP contribution in [0, 0.1) is 0 Å². The van der Waals surface area contributed by atoms with Crippen molar-refractivity contribution >= 4 is 39.8 Å². The van der Waals surface area contributed by atoms with Crippen LogP contribution >= 0.6 is 23.2 Å². The van der Waals surface area contributed by atoms with Crippen molar-refractivity contribution in [2.75, 3.05) is 0 Å². The van der Waals surface area contributed by atoms with E-state index in [0.29, 0.717) is 10.0 Å². The number of fused-ring (bicyclic) bond motifs is 4. The van der Waals surface area contributed by atoms with E-state index in [1.807, 2.05) is 42.5 Å². The molecule has 1 aliphatic rings. The van der Waals surface area contributed by atoms with Gasteiger partial charge in [0.2, 0.25) is 0 Å². The van der Waals surface area contributed by atoms with Gasteiger partial charge >= 0.3 is 0 Å². The molecule has 0 bridgehead atoms. The van der Waals surface area contributed by atoms with E-state index in [4.69, 9.17) is 23.2 Å². The van der Waals surface area contributed by atoms with Crippen LogP contribution in [-0.4, -0.2) is 5.78 Å². The van der Waals surface area contributed by atoms with Crippen LogP contribution in [0.15, 0.2) is 48.5 Å². The monoisotopic (exact) mass is 312 g/mol. The van der Waals surface area contributed by atoms with Crippen LogP contribution in [-0.2, 0) is 6.42 Å². The fraction of sp³-hybridized carbons (Fsp3) is 0.0556. The Balaban J connectivity index is 2.07. The van der Waals surface area contributed by atoms with Crippen molar-refractivity contribution in [2.24, 2.45) is 0 Å². The summed E-state index contributed by atoms with van der Waals surface area (Å²) in [5.41, 5.74) is 3.66. The highest BCUT2D eigenvalue weighted by atomic mass is 35.5. The number of hydrogen-bond donors (Lipinski definition) is 0. The van der Waals surface area contributed by atoms with Crippen LogP contribution in [0.3, 0.4) is 0 Å². The molecule has 0 unspecified atom stereocenters. The predicted molar refractivity (Wildman–Crippen MR) is 86.6 cm³/mol. The second kappa shape index (κ2) is 4.59. The highest BCUT2D eigenvalue weighted by molar-refractivity contribution is 6.45. The molecule has 1 aliphatic carbocycles. The number of carbonyl (C=O) groups is 1. The first kappa shape index (κ1) is 12.9. The van der Waals surface area contributed by atoms with Crippen LogP contribution in [0.1, 0.15) is 27.0 Å². The van der Waals surface area contributed by atoms with Crippen LogP contribution in [0.5, 0.6) is 0 Å². The van der Waals surface area contributed by atoms with Gasteiger partial charge in [-0.15, -0.1) is 0 Å². The van der Waals surface area contributed by atoms with Gasteiger partial charge in [0.15, 0.2) is 5.78 Å². The molecule has 0 N–H and O–H groups in total. The van der Waals surface area contributed by atoms with Gasteiger partial charge in [0.05, 0.1) is 10.0 Å². The lowest BCUT2D eigenvalue weighted by Gasteiger charge is -2.20. The first-order valence-electron chi connectivity index (χ1n) is 6.69. The zero-order valence-corrected chi connectivity index (χ0v) is 12.5. The number of ketones is 1. The molecule has 0 heterocycles. The normalized spacial score (nSPS) is 13.1. The molecular weight excluding hydrogens is 303 g/mol. The lowest BCUT2D eigenvalue weighted by molar-refractivity contribution is 0.103. The summed E-state index contributed by atoms with van der Waals surface area (Å²) >= 11 is 12.3. The van der Waals surface area contributed by atoms with Gasteiger partial charge in [0.25, 0.3) is 0 Å². The Labute approximate surface area is 132 Å². The lowest BCUT2D eigenvalue weighted by atomic mass is 9.82. The highest BCUT2D eigenvalue weighted by Crippen LogP contribution is 2.37. The molecule has 0 atom stereocenters. The Kier molecular flexibility index (Phi) is 2.81. The second-order valence-corrected chi connectivity index (χ2v) is 6.00. The van der Waals surface area contributed by atoms with Crippen molar-refractivity contribution in [3.8, 4) is 0 Å². The maximum atomic E-state index is 12.8. The van der Waals surface area contributed by atoms with E-state index in [9.17, 15) is 4.79 Å². The molecular formula is C18H10Cl2O. The summed E-state index contributed by atoms with van der Waals surface area (Å²) < 4.78 is 0. The Bertz CT molecular complexity index is 912. The van der Waals surface area contributed by atoms with E-state index >= 15 is 0 Å². The summed E-state index contributed by atoms with van der Waals surface area (Å²) in [6, 6.07) is 15.3. The maximum Gasteiger partial charge on any atom is 0.194 e. The van der Waals surface area contributed by atoms with Gasteiger partial charge in [-0.1, -0.05) is 65.7 Å². The fourth-order valence-corrected chi connectivity index (χ4v) is 3.43. The zero-order chi connectivity index (χ0) is 14.6. The van der Waals surface area contributed by atoms with Gasteiger partial charge in [0, 0.05) is 16.5 Å². The molecule has 0 aliphatic heterocycles. The number of rotatable bonds is 0. The largest absolute Gasteiger partial charge is 0.289 e. The summed E-state index contributed by atoms with van der Waals surface area (Å²) in [6.45, 7) is 0. The number of benzene rings is 3. The van der Waals surface area contributed by atoms with Crippen molar-refractivity contribution in [3.63, 3.8) is 0 Å². The summed E-state index contributed by atoms with van der Waals surface area (Å²) in [4.78, 5) is 12.8. The summed E-state index contributed by atoms with van der Waals surface area (Å²) in [6.07, 6.45) is 0.771. The minimum absolute atomic E-state index is 0.0656. The highest BCUT2D eigenvalue weighted by Gasteiger charge is 2.25. The fourth-order valence-electron chi connectivity index (χ4n) is 3.04. The Morgan fingerprint density at radius 2 is 1.57 bits per heavy atom. The van der Waals surface area contributed by atoms with Crippen molar-refractivity contribution in [1.82, 2.24) is 0 Å². The SMILES string of the molecule is O=C1c2ccccc2Cc2ccc3c(Cl)c(Cl)ccc3c21. The molecule has 0 radical (unpaired) electrons. The van der Waals surface area contributed by atoms with Gasteiger partial charge < -0.3 is 0 Å². The average Bonchev–Trinajstić information content (AvgIpc) is 2.51. The average molecular weight is 313 g/mol. The number of halogens is 2. The van der Waals surface area contributed by atoms with Crippen molar-refractivity contribution in [1.29, 1.82) is 0 Å². The third-order valence-corrected chi connectivity index (χ3v) is 4.86. The number of hydrogen-bond acceptors (Lipinski definition) is 1. The minimum atomic E-state index is 0.0656. The van der Waals surface area contributed by atoms with Gasteiger partial charge in [-0.25, -0.2) is 0 Å². The van der Waals surface area contributed by atoms with E-state index in [2.05, 4.69) is 0 Å². The second-order valence-electron chi connectivity index (χ2n) is 5.22. The summed E-state index contributed by atoms with van der Waals surface area (Å²) in [7, 11) is 0. The van der Waals surface area contributed by atoms with Crippen LogP contribution in [0.25, 0.3) is 10.8 Å². The van der Waals surface area contributed by atoms with Crippen molar-refractivity contribution < 1.29 is 4.79 Å². The molecule has 0 fully saturated rings. The van der Waals surface area contributed by atoms with Crippen LogP contribution < -0.4 is 0 Å². The molecule has 4 rings (SSSR count). The first-order valence-corrected chi connectivity index (χ1v) is 7.44. The van der Waals surface area contributed by atoms with Crippen LogP contribution in [0.4, 0.5) is 0 Å². The van der Waals surface area contributed by atoms with Crippen LogP contribution in [0.2, 0.25) is 10.0 Å². The molecule has 21 heavy (non-hydrogen) atoms. The van der Waals surface area contributed by atoms with E-state index < -0.39 is 0 Å². The Morgan fingerprint density at radius 1 is 0.810 bits per heavy atom. The predicted octanol–water partition coefficient (Wildman–Crippen LogP) is 5.28. The molecule has 3 aromatic rings. The Hall–Kier alpha value is -1.83. The standard InChI is InChI=1S/C18H10Cl2O/c19-15-8-7-13-14(17(15)20)6-5-11-9-10-3-1-2-4-12(10)18(21)16(11)13/h1-8H,9H2. The van der Waals surface area contributed by atoms with E-state index in [1.54, 1.807) is 6.07 Å². The smallest absolute Gasteiger partial charge is 0.194 e. The zero-order valence-electron chi connectivity index (χ0n) is 11.0. The minimum Gasteiger partial charge on any atom is -0.289 e. The van der Waals surface area contributed by atoms with Gasteiger partial charge in [-0.05, 0) is 29.0 Å². The molecule has 3 aromatic carbocycles. The van der Waals surface area contributed by atoms with Gasteiger partial charge in [0.1, 0.15) is 0 Å². The quantitative estimate of drug-likeness (QED) is 0.431. The lowest BCUT2D eigenvalue weighted by Crippen LogP contribution is -2.15. The van der Waals surface area contributed by atoms with E-state index in [1.165, 1.54) is 0 Å². The summed E-state index contributed by atoms with van der Waals surface area (Å²) in [5.74, 6) is 0.0656. The Morgan fingerprint density at radius 3 is 2.43 bits per heavy atom. The van der Waals surface area contributed by atoms with Gasteiger partial charge in [-0.3, -0.25) is 4.79 Å². The third kappa shape index (κ3) is 1.81. The van der Waals surface area contributed by atoms with E-state index in [0.717, 1.165) is 39.4 Å². The topological polar surface area (TPSA) is 17.1 Å². The molecule has 0 spiro atoms.